The van der Waals surface area contributed by atoms with Crippen molar-refractivity contribution in [2.75, 3.05) is 23.6 Å². The van der Waals surface area contributed by atoms with Gasteiger partial charge in [-0.05, 0) is 104 Å². The van der Waals surface area contributed by atoms with E-state index in [2.05, 4.69) is 58.1 Å². The Bertz CT molecular complexity index is 2300. The number of rotatable bonds is 17. The van der Waals surface area contributed by atoms with Crippen molar-refractivity contribution in [1.29, 1.82) is 0 Å². The largest absolute Gasteiger partial charge is 0.399 e. The Labute approximate surface area is 356 Å². The fourth-order valence-electron chi connectivity index (χ4n) is 6.05. The van der Waals surface area contributed by atoms with Crippen LogP contribution in [0.5, 0.6) is 0 Å². The van der Waals surface area contributed by atoms with Gasteiger partial charge in [0.2, 0.25) is 15.9 Å². The van der Waals surface area contributed by atoms with E-state index in [-0.39, 0.29) is 41.1 Å². The van der Waals surface area contributed by atoms with Crippen molar-refractivity contribution in [3.8, 4) is 0 Å². The number of hydrogen-bond acceptors (Lipinski definition) is 8. The number of nitrogens with one attached hydrogen (secondary N) is 4. The standard InChI is InChI=1S/C43H47Br2N7O5S/c1-27(32-12-18-37(46)19-13-32)49-41(53)29(3)48-25-39(24-38-7-5-6-20-47-38)51-43(55)34-21-33(42(54)50-28(2)31-10-16-36(45)17-11-31)22-40(23-34)52(4)58(56,57)26-30-8-14-35(44)15-9-30/h5-23,27-29,39,48H,24-26,46H2,1-4H3,(H,49,53)(H,50,54)(H,51,55)/t27-,28-,29+,39+/m1/s1. The van der Waals surface area contributed by atoms with Crippen LogP contribution in [0.25, 0.3) is 0 Å². The van der Waals surface area contributed by atoms with E-state index in [9.17, 15) is 22.8 Å². The molecule has 3 amide bonds. The van der Waals surface area contributed by atoms with Gasteiger partial charge in [0.1, 0.15) is 0 Å². The normalized spacial score (nSPS) is 13.4. The third-order valence-electron chi connectivity index (χ3n) is 9.58. The molecule has 0 aliphatic rings. The lowest BCUT2D eigenvalue weighted by atomic mass is 10.0. The van der Waals surface area contributed by atoms with Crippen LogP contribution >= 0.6 is 31.9 Å². The van der Waals surface area contributed by atoms with Gasteiger partial charge in [0, 0.05) is 63.7 Å². The van der Waals surface area contributed by atoms with Gasteiger partial charge in [-0.15, -0.1) is 0 Å². The average molecular weight is 934 g/mol. The highest BCUT2D eigenvalue weighted by Crippen LogP contribution is 2.25. The van der Waals surface area contributed by atoms with Gasteiger partial charge in [-0.3, -0.25) is 23.7 Å². The Kier molecular flexibility index (Phi) is 15.2. The average Bonchev–Trinajstić information content (AvgIpc) is 3.20. The number of amides is 3. The third kappa shape index (κ3) is 12.5. The van der Waals surface area contributed by atoms with Crippen molar-refractivity contribution in [3.63, 3.8) is 0 Å². The van der Waals surface area contributed by atoms with Gasteiger partial charge in [0.25, 0.3) is 11.8 Å². The molecule has 4 aromatic carbocycles. The Morgan fingerprint density at radius 3 is 1.88 bits per heavy atom. The maximum Gasteiger partial charge on any atom is 0.251 e. The van der Waals surface area contributed by atoms with Crippen LogP contribution in [0.4, 0.5) is 11.4 Å². The molecule has 5 aromatic rings. The number of nitrogen functional groups attached to an aromatic ring is 1. The summed E-state index contributed by atoms with van der Waals surface area (Å²) in [5, 5.41) is 12.3. The van der Waals surface area contributed by atoms with Crippen molar-refractivity contribution < 1.29 is 22.8 Å². The van der Waals surface area contributed by atoms with Crippen molar-refractivity contribution in [1.82, 2.24) is 26.3 Å². The molecule has 5 rings (SSSR count). The summed E-state index contributed by atoms with van der Waals surface area (Å²) in [4.78, 5) is 45.7. The fraction of sp³-hybridized carbons (Fsp3) is 0.256. The zero-order valence-corrected chi connectivity index (χ0v) is 36.6. The second-order valence-electron chi connectivity index (χ2n) is 14.1. The summed E-state index contributed by atoms with van der Waals surface area (Å²) >= 11 is 6.81. The molecule has 4 atom stereocenters. The number of anilines is 2. The maximum absolute atomic E-state index is 14.2. The van der Waals surface area contributed by atoms with Crippen molar-refractivity contribution in [3.05, 3.63) is 158 Å². The number of sulfonamides is 1. The number of hydrogen-bond donors (Lipinski definition) is 5. The van der Waals surface area contributed by atoms with E-state index in [1.54, 1.807) is 55.6 Å². The van der Waals surface area contributed by atoms with Crippen LogP contribution in [-0.4, -0.2) is 56.8 Å². The first-order valence-electron chi connectivity index (χ1n) is 18.6. The van der Waals surface area contributed by atoms with Crippen LogP contribution in [0.15, 0.2) is 124 Å². The van der Waals surface area contributed by atoms with Crippen LogP contribution in [0.2, 0.25) is 0 Å². The molecule has 58 heavy (non-hydrogen) atoms. The molecule has 0 spiro atoms. The van der Waals surface area contributed by atoms with Gasteiger partial charge in [0.15, 0.2) is 0 Å². The van der Waals surface area contributed by atoms with Crippen molar-refractivity contribution >= 4 is 71.0 Å². The van der Waals surface area contributed by atoms with Crippen molar-refractivity contribution in [2.24, 2.45) is 0 Å². The summed E-state index contributed by atoms with van der Waals surface area (Å²) in [6.45, 7) is 5.64. The third-order valence-corrected chi connectivity index (χ3v) is 12.4. The molecule has 0 fully saturated rings. The quantitative estimate of drug-likeness (QED) is 0.0630. The van der Waals surface area contributed by atoms with E-state index in [1.165, 1.54) is 25.2 Å². The van der Waals surface area contributed by atoms with Gasteiger partial charge in [-0.2, -0.15) is 0 Å². The Morgan fingerprint density at radius 2 is 1.29 bits per heavy atom. The number of pyridine rings is 1. The zero-order valence-electron chi connectivity index (χ0n) is 32.6. The number of halogens is 2. The molecule has 1 heterocycles. The lowest BCUT2D eigenvalue weighted by Crippen LogP contribution is -2.50. The van der Waals surface area contributed by atoms with Gasteiger partial charge in [-0.25, -0.2) is 8.42 Å². The molecule has 0 bridgehead atoms. The first kappa shape index (κ1) is 44.0. The summed E-state index contributed by atoms with van der Waals surface area (Å²) in [5.74, 6) is -1.59. The molecular weight excluding hydrogens is 886 g/mol. The molecule has 304 valence electrons. The number of nitrogens with zero attached hydrogens (tertiary/aromatic N) is 2. The molecule has 0 aliphatic carbocycles. The number of benzene rings is 4. The second kappa shape index (κ2) is 20.1. The Hall–Kier alpha value is -5.09. The molecule has 0 radical (unpaired) electrons. The van der Waals surface area contributed by atoms with E-state index >= 15 is 0 Å². The lowest BCUT2D eigenvalue weighted by molar-refractivity contribution is -0.123. The van der Waals surface area contributed by atoms with Gasteiger partial charge in [0.05, 0.1) is 29.6 Å². The number of carbonyl (C=O) groups excluding carboxylic acids is 3. The second-order valence-corrected chi connectivity index (χ2v) is 17.9. The van der Waals surface area contributed by atoms with E-state index in [0.29, 0.717) is 23.4 Å². The first-order chi connectivity index (χ1) is 27.6. The van der Waals surface area contributed by atoms with Gasteiger partial charge in [-0.1, -0.05) is 74.3 Å². The highest BCUT2D eigenvalue weighted by molar-refractivity contribution is 9.10. The highest BCUT2D eigenvalue weighted by Gasteiger charge is 2.25. The molecule has 6 N–H and O–H groups in total. The fourth-order valence-corrected chi connectivity index (χ4v) is 7.81. The SMILES string of the molecule is C[C@H](NC[C@H](Cc1ccccn1)NC(=O)c1cc(C(=O)N[C@H](C)c2ccc(Br)cc2)cc(N(C)S(=O)(=O)Cc2ccc(Br)cc2)c1)C(=O)N[C@H](C)c1ccc(N)cc1. The molecule has 12 nitrogen and oxygen atoms in total. The molecule has 15 heteroatoms. The monoisotopic (exact) mass is 931 g/mol. The number of nitrogens with two attached hydrogens (primary N) is 1. The predicted octanol–water partition coefficient (Wildman–Crippen LogP) is 6.84. The van der Waals surface area contributed by atoms with E-state index in [0.717, 1.165) is 24.4 Å². The van der Waals surface area contributed by atoms with E-state index < -0.39 is 40.0 Å². The lowest BCUT2D eigenvalue weighted by Gasteiger charge is -2.24. The minimum atomic E-state index is -3.96. The number of aromatic nitrogens is 1. The minimum Gasteiger partial charge on any atom is -0.399 e. The first-order valence-corrected chi connectivity index (χ1v) is 21.8. The Morgan fingerprint density at radius 1 is 0.741 bits per heavy atom. The molecule has 0 saturated carbocycles. The highest BCUT2D eigenvalue weighted by atomic mass is 79.9. The summed E-state index contributed by atoms with van der Waals surface area (Å²) in [7, 11) is -2.57. The smallest absolute Gasteiger partial charge is 0.251 e. The van der Waals surface area contributed by atoms with Crippen molar-refractivity contribution in [2.45, 2.75) is 57.1 Å². The van der Waals surface area contributed by atoms with Crippen LogP contribution in [0.1, 0.15) is 76.0 Å². The summed E-state index contributed by atoms with van der Waals surface area (Å²) < 4.78 is 30.3. The minimum absolute atomic E-state index is 0.0683. The summed E-state index contributed by atoms with van der Waals surface area (Å²) in [6.07, 6.45) is 1.97. The molecule has 0 aliphatic heterocycles. The van der Waals surface area contributed by atoms with Crippen LogP contribution in [-0.2, 0) is 27.0 Å². The van der Waals surface area contributed by atoms with Crippen LogP contribution in [0, 0.1) is 0 Å². The zero-order chi connectivity index (χ0) is 42.0. The van der Waals surface area contributed by atoms with Crippen LogP contribution < -0.4 is 31.3 Å². The Balaban J connectivity index is 1.39. The van der Waals surface area contributed by atoms with Crippen LogP contribution in [0.3, 0.4) is 0 Å². The van der Waals surface area contributed by atoms with Gasteiger partial charge >= 0.3 is 0 Å². The van der Waals surface area contributed by atoms with Gasteiger partial charge < -0.3 is 27.0 Å². The number of carbonyl (C=O) groups is 3. The predicted molar refractivity (Wildman–Crippen MR) is 236 cm³/mol. The molecule has 0 unspecified atom stereocenters. The maximum atomic E-state index is 14.2. The summed E-state index contributed by atoms with van der Waals surface area (Å²) in [5.41, 5.74) is 9.78. The molecule has 0 saturated heterocycles. The van der Waals surface area contributed by atoms with E-state index in [1.807, 2.05) is 62.4 Å². The molecular formula is C43H47Br2N7O5S. The van der Waals surface area contributed by atoms with E-state index in [4.69, 9.17) is 5.73 Å². The summed E-state index contributed by atoms with van der Waals surface area (Å²) in [6, 6.07) is 29.7. The topological polar surface area (TPSA) is 176 Å². The molecule has 1 aromatic heterocycles.